The van der Waals surface area contributed by atoms with Crippen LogP contribution in [0.15, 0.2) is 70.8 Å². The average molecular weight is 420 g/mol. The van der Waals surface area contributed by atoms with Crippen LogP contribution in [0.2, 0.25) is 0 Å². The highest BCUT2D eigenvalue weighted by Crippen LogP contribution is 2.43. The van der Waals surface area contributed by atoms with E-state index in [1.54, 1.807) is 42.5 Å². The molecule has 158 valence electrons. The van der Waals surface area contributed by atoms with Crippen LogP contribution in [0.25, 0.3) is 5.76 Å². The Labute approximate surface area is 178 Å². The highest BCUT2D eigenvalue weighted by atomic mass is 19.1. The summed E-state index contributed by atoms with van der Waals surface area (Å²) in [5, 5.41) is 14.9. The zero-order valence-corrected chi connectivity index (χ0v) is 17.3. The van der Waals surface area contributed by atoms with Crippen molar-refractivity contribution in [1.82, 2.24) is 5.16 Å². The Morgan fingerprint density at radius 1 is 1.06 bits per heavy atom. The van der Waals surface area contributed by atoms with Gasteiger partial charge in [-0.2, -0.15) is 0 Å². The number of benzene rings is 2. The Hall–Kier alpha value is -3.74. The zero-order valence-electron chi connectivity index (χ0n) is 17.3. The zero-order chi connectivity index (χ0) is 22.3. The van der Waals surface area contributed by atoms with Gasteiger partial charge in [0, 0.05) is 22.6 Å². The van der Waals surface area contributed by atoms with Gasteiger partial charge in [-0.05, 0) is 6.07 Å². The van der Waals surface area contributed by atoms with Crippen molar-refractivity contribution < 1.29 is 23.6 Å². The fourth-order valence-electron chi connectivity index (χ4n) is 3.54. The molecule has 2 heterocycles. The number of carbonyl (C=O) groups excluding carboxylic acids is 2. The normalized spacial score (nSPS) is 18.6. The van der Waals surface area contributed by atoms with E-state index in [0.29, 0.717) is 11.3 Å². The molecule has 0 aliphatic carbocycles. The number of aromatic nitrogens is 1. The maximum Gasteiger partial charge on any atom is 0.301 e. The average Bonchev–Trinajstić information content (AvgIpc) is 3.32. The molecule has 1 aliphatic heterocycles. The van der Waals surface area contributed by atoms with E-state index in [-0.39, 0.29) is 22.7 Å². The molecule has 0 spiro atoms. The maximum absolute atomic E-state index is 14.8. The first-order chi connectivity index (χ1) is 14.7. The lowest BCUT2D eigenvalue weighted by atomic mass is 9.93. The van der Waals surface area contributed by atoms with E-state index in [1.807, 2.05) is 20.8 Å². The summed E-state index contributed by atoms with van der Waals surface area (Å²) < 4.78 is 20.2. The van der Waals surface area contributed by atoms with E-state index >= 15 is 0 Å². The number of nitrogens with zero attached hydrogens (tertiary/aromatic N) is 2. The van der Waals surface area contributed by atoms with E-state index in [0.717, 1.165) is 4.90 Å². The van der Waals surface area contributed by atoms with Crippen molar-refractivity contribution >= 4 is 23.3 Å². The van der Waals surface area contributed by atoms with E-state index in [1.165, 1.54) is 18.2 Å². The molecule has 0 saturated carbocycles. The second-order valence-electron chi connectivity index (χ2n) is 8.36. The van der Waals surface area contributed by atoms with Gasteiger partial charge < -0.3 is 9.63 Å². The lowest BCUT2D eigenvalue weighted by Gasteiger charge is -2.23. The van der Waals surface area contributed by atoms with Gasteiger partial charge in [-0.25, -0.2) is 4.39 Å². The molecule has 7 heteroatoms. The fraction of sp³-hybridized carbons (Fsp3) is 0.208. The van der Waals surface area contributed by atoms with Crippen LogP contribution >= 0.6 is 0 Å². The Balaban J connectivity index is 1.95. The van der Waals surface area contributed by atoms with Crippen molar-refractivity contribution in [2.75, 3.05) is 4.90 Å². The minimum absolute atomic E-state index is 0.0690. The molecular formula is C24H21FN2O4. The van der Waals surface area contributed by atoms with Gasteiger partial charge in [-0.15, -0.1) is 0 Å². The van der Waals surface area contributed by atoms with Crippen molar-refractivity contribution in [3.63, 3.8) is 0 Å². The van der Waals surface area contributed by atoms with Gasteiger partial charge in [0.1, 0.15) is 17.3 Å². The predicted octanol–water partition coefficient (Wildman–Crippen LogP) is 4.74. The highest BCUT2D eigenvalue weighted by Gasteiger charge is 2.49. The lowest BCUT2D eigenvalue weighted by Crippen LogP contribution is -2.30. The maximum atomic E-state index is 14.8. The smallest absolute Gasteiger partial charge is 0.301 e. The Bertz CT molecular complexity index is 1190. The summed E-state index contributed by atoms with van der Waals surface area (Å²) in [6.45, 7) is 5.74. The van der Waals surface area contributed by atoms with Gasteiger partial charge in [0.05, 0.1) is 11.6 Å². The number of carbonyl (C=O) groups is 2. The van der Waals surface area contributed by atoms with Gasteiger partial charge in [-0.3, -0.25) is 14.5 Å². The molecule has 0 radical (unpaired) electrons. The Kier molecular flexibility index (Phi) is 4.97. The predicted molar refractivity (Wildman–Crippen MR) is 113 cm³/mol. The molecule has 0 bridgehead atoms. The number of hydrogen-bond acceptors (Lipinski definition) is 5. The van der Waals surface area contributed by atoms with Gasteiger partial charge >= 0.3 is 5.91 Å². The quantitative estimate of drug-likeness (QED) is 0.376. The molecular weight excluding hydrogens is 399 g/mol. The molecule has 1 aliphatic rings. The van der Waals surface area contributed by atoms with Crippen molar-refractivity contribution in [2.24, 2.45) is 0 Å². The molecule has 1 fully saturated rings. The number of aliphatic hydroxyl groups is 1. The third-order valence-electron chi connectivity index (χ3n) is 5.18. The molecule has 4 rings (SSSR count). The molecule has 1 amide bonds. The van der Waals surface area contributed by atoms with E-state index in [9.17, 15) is 19.1 Å². The number of hydrogen-bond donors (Lipinski definition) is 1. The third kappa shape index (κ3) is 3.52. The standard InChI is InChI=1S/C24H21FN2O4/c1-24(2,3)17-13-18(26-31-17)27-20(15-11-7-8-12-16(15)25)19(22(29)23(27)30)21(28)14-9-5-4-6-10-14/h4-13,20,28H,1-3H3/t20-/m1/s1. The molecule has 31 heavy (non-hydrogen) atoms. The summed E-state index contributed by atoms with van der Waals surface area (Å²) in [4.78, 5) is 27.1. The number of Topliss-reactive ketones (excluding diaryl/α,β-unsaturated/α-hetero) is 1. The van der Waals surface area contributed by atoms with Gasteiger partial charge in [-0.1, -0.05) is 74.5 Å². The first-order valence-corrected chi connectivity index (χ1v) is 9.78. The molecule has 1 N–H and O–H groups in total. The van der Waals surface area contributed by atoms with Gasteiger partial charge in [0.25, 0.3) is 5.78 Å². The number of rotatable bonds is 3. The van der Waals surface area contributed by atoms with Gasteiger partial charge in [0.15, 0.2) is 5.82 Å². The summed E-state index contributed by atoms with van der Waals surface area (Å²) in [5.74, 6) is -2.26. The van der Waals surface area contributed by atoms with Crippen LogP contribution < -0.4 is 4.90 Å². The number of ketones is 1. The number of anilines is 1. The van der Waals surface area contributed by atoms with Gasteiger partial charge in [0.2, 0.25) is 0 Å². The van der Waals surface area contributed by atoms with Crippen LogP contribution in [0.3, 0.4) is 0 Å². The van der Waals surface area contributed by atoms with Crippen molar-refractivity contribution in [1.29, 1.82) is 0 Å². The van der Waals surface area contributed by atoms with Crippen LogP contribution in [0.1, 0.15) is 43.7 Å². The molecule has 6 nitrogen and oxygen atoms in total. The Morgan fingerprint density at radius 3 is 2.32 bits per heavy atom. The fourth-order valence-corrected chi connectivity index (χ4v) is 3.54. The first-order valence-electron chi connectivity index (χ1n) is 9.78. The van der Waals surface area contributed by atoms with Crippen LogP contribution in [-0.4, -0.2) is 22.0 Å². The van der Waals surface area contributed by atoms with Crippen molar-refractivity contribution in [3.05, 3.63) is 88.9 Å². The lowest BCUT2D eigenvalue weighted by molar-refractivity contribution is -0.132. The molecule has 1 atom stereocenters. The number of halogens is 1. The van der Waals surface area contributed by atoms with E-state index in [2.05, 4.69) is 5.16 Å². The Morgan fingerprint density at radius 2 is 1.71 bits per heavy atom. The topological polar surface area (TPSA) is 83.6 Å². The molecule has 1 saturated heterocycles. The minimum Gasteiger partial charge on any atom is -0.507 e. The second-order valence-corrected chi connectivity index (χ2v) is 8.36. The molecule has 0 unspecified atom stereocenters. The first kappa shape index (κ1) is 20.5. The molecule has 3 aromatic rings. The van der Waals surface area contributed by atoms with Crippen LogP contribution in [0.5, 0.6) is 0 Å². The molecule has 2 aromatic carbocycles. The van der Waals surface area contributed by atoms with Crippen LogP contribution in [-0.2, 0) is 15.0 Å². The molecule has 1 aromatic heterocycles. The van der Waals surface area contributed by atoms with Crippen molar-refractivity contribution in [3.8, 4) is 0 Å². The summed E-state index contributed by atoms with van der Waals surface area (Å²) in [6, 6.07) is 14.5. The SMILES string of the molecule is CC(C)(C)c1cc(N2C(=O)C(=O)C(=C(O)c3ccccc3)[C@H]2c2ccccc2F)no1. The highest BCUT2D eigenvalue weighted by molar-refractivity contribution is 6.51. The van der Waals surface area contributed by atoms with E-state index in [4.69, 9.17) is 4.52 Å². The summed E-state index contributed by atoms with van der Waals surface area (Å²) in [5.41, 5.74) is -0.186. The summed E-state index contributed by atoms with van der Waals surface area (Å²) in [7, 11) is 0. The second kappa shape index (κ2) is 7.50. The monoisotopic (exact) mass is 420 g/mol. The summed E-state index contributed by atoms with van der Waals surface area (Å²) in [6.07, 6.45) is 0. The van der Waals surface area contributed by atoms with Crippen molar-refractivity contribution in [2.45, 2.75) is 32.2 Å². The number of amides is 1. The largest absolute Gasteiger partial charge is 0.507 e. The summed E-state index contributed by atoms with van der Waals surface area (Å²) >= 11 is 0. The van der Waals surface area contributed by atoms with Crippen LogP contribution in [0, 0.1) is 5.82 Å². The minimum atomic E-state index is -1.20. The third-order valence-corrected chi connectivity index (χ3v) is 5.18. The van der Waals surface area contributed by atoms with Crippen LogP contribution in [0.4, 0.5) is 10.2 Å². The number of aliphatic hydroxyl groups excluding tert-OH is 1. The van der Waals surface area contributed by atoms with E-state index < -0.39 is 29.0 Å².